The quantitative estimate of drug-likeness (QED) is 0.189. The molecule has 2 aliphatic rings. The molecule has 2 heterocycles. The predicted molar refractivity (Wildman–Crippen MR) is 174 cm³/mol. The number of piperidine rings is 1. The molecule has 0 saturated carbocycles. The summed E-state index contributed by atoms with van der Waals surface area (Å²) in [5.41, 5.74) is 13.6. The van der Waals surface area contributed by atoms with E-state index < -0.39 is 24.5 Å². The Morgan fingerprint density at radius 2 is 1.67 bits per heavy atom. The number of nitrogens with zero attached hydrogens (tertiary/aromatic N) is 2. The van der Waals surface area contributed by atoms with Crippen LogP contribution in [0.2, 0.25) is 0 Å². The van der Waals surface area contributed by atoms with Crippen LogP contribution >= 0.6 is 0 Å². The smallest absolute Gasteiger partial charge is 0.355 e. The van der Waals surface area contributed by atoms with Gasteiger partial charge in [0.1, 0.15) is 6.54 Å². The first-order valence-electron chi connectivity index (χ1n) is 15.9. The topological polar surface area (TPSA) is 88.3 Å². The molecule has 2 atom stereocenters. The molecule has 1 fully saturated rings. The van der Waals surface area contributed by atoms with Gasteiger partial charge in [0.05, 0.1) is 17.8 Å². The summed E-state index contributed by atoms with van der Waals surface area (Å²) in [6.07, 6.45) is 3.21. The van der Waals surface area contributed by atoms with Gasteiger partial charge in [0.25, 0.3) is 0 Å². The highest BCUT2D eigenvalue weighted by Gasteiger charge is 2.41. The van der Waals surface area contributed by atoms with Gasteiger partial charge in [-0.2, -0.15) is 13.2 Å². The van der Waals surface area contributed by atoms with E-state index in [1.54, 1.807) is 24.5 Å². The number of carbonyl (C=O) groups is 2. The van der Waals surface area contributed by atoms with Crippen LogP contribution in [0, 0.1) is 0 Å². The van der Waals surface area contributed by atoms with Crippen molar-refractivity contribution in [2.75, 3.05) is 18.0 Å². The molecule has 0 bridgehead atoms. The lowest BCUT2D eigenvalue weighted by atomic mass is 9.83. The van der Waals surface area contributed by atoms with Crippen LogP contribution in [0.4, 0.5) is 18.9 Å². The van der Waals surface area contributed by atoms with E-state index in [4.69, 9.17) is 5.73 Å². The molecule has 46 heavy (non-hydrogen) atoms. The molecule has 9 heteroatoms. The van der Waals surface area contributed by atoms with Crippen LogP contribution < -0.4 is 16.0 Å². The van der Waals surface area contributed by atoms with Gasteiger partial charge in [0, 0.05) is 30.1 Å². The number of carbonyl (C=O) groups excluding carboxylic acids is 2. The predicted octanol–water partition coefficient (Wildman–Crippen LogP) is 7.39. The molecule has 2 unspecified atom stereocenters. The van der Waals surface area contributed by atoms with Gasteiger partial charge in [-0.15, -0.1) is 0 Å². The molecule has 1 aliphatic carbocycles. The van der Waals surface area contributed by atoms with E-state index in [-0.39, 0.29) is 11.9 Å². The molecule has 0 radical (unpaired) electrons. The van der Waals surface area contributed by atoms with Crippen molar-refractivity contribution in [1.29, 1.82) is 0 Å². The third kappa shape index (κ3) is 6.03. The van der Waals surface area contributed by atoms with Crippen molar-refractivity contribution in [3.05, 3.63) is 107 Å². The van der Waals surface area contributed by atoms with Crippen molar-refractivity contribution in [3.8, 4) is 22.3 Å². The number of hydrogen-bond donors (Lipinski definition) is 2. The van der Waals surface area contributed by atoms with E-state index in [9.17, 15) is 22.8 Å². The van der Waals surface area contributed by atoms with E-state index in [0.29, 0.717) is 46.5 Å². The van der Waals surface area contributed by atoms with Gasteiger partial charge in [-0.3, -0.25) is 14.6 Å². The number of anilines is 1. The van der Waals surface area contributed by atoms with E-state index in [2.05, 4.69) is 22.1 Å². The van der Waals surface area contributed by atoms with Gasteiger partial charge in [0.2, 0.25) is 5.91 Å². The number of nitrogens with one attached hydrogen (secondary N) is 1. The van der Waals surface area contributed by atoms with Gasteiger partial charge in [0.15, 0.2) is 5.78 Å². The largest absolute Gasteiger partial charge is 0.405 e. The number of pyridine rings is 1. The summed E-state index contributed by atoms with van der Waals surface area (Å²) < 4.78 is 39.8. The van der Waals surface area contributed by atoms with E-state index in [0.717, 1.165) is 54.4 Å². The monoisotopic (exact) mass is 626 g/mol. The summed E-state index contributed by atoms with van der Waals surface area (Å²) in [5.74, 6) is -1.84. The van der Waals surface area contributed by atoms with Gasteiger partial charge in [-0.05, 0) is 89.2 Å². The van der Waals surface area contributed by atoms with Crippen LogP contribution in [0.3, 0.4) is 0 Å². The molecule has 3 N–H and O–H groups in total. The zero-order valence-corrected chi connectivity index (χ0v) is 25.7. The first kappa shape index (κ1) is 31.5. The summed E-state index contributed by atoms with van der Waals surface area (Å²) in [7, 11) is 0. The highest BCUT2D eigenvalue weighted by Crippen LogP contribution is 2.51. The SMILES string of the molecule is CCCCc1c2c(cc(C(=O)c3ccccc3-c3ccncc3)c1N1CCCCC1N)-c1ccccc1C2C(=O)NCC(F)(F)F. The summed E-state index contributed by atoms with van der Waals surface area (Å²) in [4.78, 5) is 34.8. The van der Waals surface area contributed by atoms with Crippen LogP contribution in [0.5, 0.6) is 0 Å². The minimum absolute atomic E-state index is 0.178. The molecule has 1 aliphatic heterocycles. The van der Waals surface area contributed by atoms with E-state index in [1.165, 1.54) is 0 Å². The third-order valence-electron chi connectivity index (χ3n) is 9.05. The first-order chi connectivity index (χ1) is 22.2. The number of nitrogens with two attached hydrogens (primary N) is 1. The van der Waals surface area contributed by atoms with E-state index >= 15 is 0 Å². The fraction of sp³-hybridized carbons (Fsp3) is 0.324. The zero-order valence-electron chi connectivity index (χ0n) is 25.7. The summed E-state index contributed by atoms with van der Waals surface area (Å²) in [5, 5.41) is 2.15. The third-order valence-corrected chi connectivity index (χ3v) is 9.05. The van der Waals surface area contributed by atoms with Gasteiger partial charge < -0.3 is 16.0 Å². The number of unbranched alkanes of at least 4 members (excludes halogenated alkanes) is 1. The second kappa shape index (κ2) is 13.1. The Morgan fingerprint density at radius 3 is 2.39 bits per heavy atom. The van der Waals surface area contributed by atoms with Gasteiger partial charge >= 0.3 is 6.18 Å². The highest BCUT2D eigenvalue weighted by atomic mass is 19.4. The molecule has 1 aromatic heterocycles. The number of ketones is 1. The lowest BCUT2D eigenvalue weighted by Gasteiger charge is -2.38. The number of alkyl halides is 3. The lowest BCUT2D eigenvalue weighted by molar-refractivity contribution is -0.138. The number of hydrogen-bond acceptors (Lipinski definition) is 5. The maximum Gasteiger partial charge on any atom is 0.405 e. The second-order valence-corrected chi connectivity index (χ2v) is 12.0. The first-order valence-corrected chi connectivity index (χ1v) is 15.9. The lowest BCUT2D eigenvalue weighted by Crippen LogP contribution is -2.47. The fourth-order valence-corrected chi connectivity index (χ4v) is 6.96. The Bertz CT molecular complexity index is 1760. The Morgan fingerprint density at radius 1 is 0.957 bits per heavy atom. The number of benzene rings is 3. The fourth-order valence-electron chi connectivity index (χ4n) is 6.96. The minimum atomic E-state index is -4.55. The second-order valence-electron chi connectivity index (χ2n) is 12.0. The van der Waals surface area contributed by atoms with Gasteiger partial charge in [-0.25, -0.2) is 0 Å². The van der Waals surface area contributed by atoms with Crippen molar-refractivity contribution in [2.45, 2.75) is 63.7 Å². The summed E-state index contributed by atoms with van der Waals surface area (Å²) in [6, 6.07) is 20.3. The molecule has 238 valence electrons. The molecule has 3 aromatic carbocycles. The van der Waals surface area contributed by atoms with E-state index in [1.807, 2.05) is 54.6 Å². The average Bonchev–Trinajstić information content (AvgIpc) is 3.40. The Kier molecular flexibility index (Phi) is 8.95. The normalized spacial score (nSPS) is 17.4. The van der Waals surface area contributed by atoms with Crippen molar-refractivity contribution in [3.63, 3.8) is 0 Å². The number of halogens is 3. The van der Waals surface area contributed by atoms with Crippen molar-refractivity contribution in [1.82, 2.24) is 10.3 Å². The van der Waals surface area contributed by atoms with Crippen molar-refractivity contribution >= 4 is 17.4 Å². The zero-order chi connectivity index (χ0) is 32.4. The number of fused-ring (bicyclic) bond motifs is 3. The average molecular weight is 627 g/mol. The van der Waals surface area contributed by atoms with Crippen LogP contribution in [0.15, 0.2) is 79.1 Å². The molecule has 6 rings (SSSR count). The van der Waals surface area contributed by atoms with Crippen molar-refractivity contribution in [2.24, 2.45) is 5.73 Å². The molecule has 4 aromatic rings. The number of amides is 1. The standard InChI is InChI=1S/C37H37F3N4O2/c1-2-3-10-28-32-29(25-12-5-6-13-26(25)33(32)36(46)43-22-37(38,39)40)21-30(34(28)44-20-9-8-15-31(44)41)35(45)27-14-7-4-11-24(27)23-16-18-42-19-17-23/h4-7,11-14,16-19,21,31,33H,2-3,8-10,15,20,22,41H2,1H3,(H,43,46). The van der Waals surface area contributed by atoms with Crippen LogP contribution in [-0.4, -0.2) is 42.1 Å². The maximum atomic E-state index is 14.9. The van der Waals surface area contributed by atoms with Crippen LogP contribution in [-0.2, 0) is 11.2 Å². The van der Waals surface area contributed by atoms with Crippen LogP contribution in [0.1, 0.15) is 77.6 Å². The highest BCUT2D eigenvalue weighted by molar-refractivity contribution is 6.17. The molecule has 1 saturated heterocycles. The molecule has 1 amide bonds. The molecular weight excluding hydrogens is 589 g/mol. The summed E-state index contributed by atoms with van der Waals surface area (Å²) in [6.45, 7) is 1.27. The maximum absolute atomic E-state index is 14.9. The minimum Gasteiger partial charge on any atom is -0.355 e. The Balaban J connectivity index is 1.62. The van der Waals surface area contributed by atoms with Gasteiger partial charge in [-0.1, -0.05) is 61.9 Å². The van der Waals surface area contributed by atoms with Crippen molar-refractivity contribution < 1.29 is 22.8 Å². The van der Waals surface area contributed by atoms with Crippen LogP contribution in [0.25, 0.3) is 22.3 Å². The molecular formula is C37H37F3N4O2. The summed E-state index contributed by atoms with van der Waals surface area (Å²) >= 11 is 0. The molecule has 6 nitrogen and oxygen atoms in total. The molecule has 0 spiro atoms. The number of aromatic nitrogens is 1. The Hall–Kier alpha value is -4.50. The Labute approximate surface area is 266 Å². The number of rotatable bonds is 9.